The number of nitrogens with zero attached hydrogens (tertiary/aromatic N) is 3. The Labute approximate surface area is 247 Å². The monoisotopic (exact) mass is 572 g/mol. The van der Waals surface area contributed by atoms with Crippen LogP contribution in [0.25, 0.3) is 0 Å². The highest BCUT2D eigenvalue weighted by atomic mass is 35.5. The van der Waals surface area contributed by atoms with Crippen molar-refractivity contribution in [2.75, 3.05) is 18.0 Å². The van der Waals surface area contributed by atoms with Crippen LogP contribution in [0.1, 0.15) is 59.7 Å². The molecule has 0 spiro atoms. The Morgan fingerprint density at radius 2 is 1.55 bits per heavy atom. The molecule has 4 rings (SSSR count). The summed E-state index contributed by atoms with van der Waals surface area (Å²) < 4.78 is 0. The largest absolute Gasteiger partial charge is 0.352 e. The summed E-state index contributed by atoms with van der Waals surface area (Å²) in [6, 6.07) is 30.5. The number of hydrogen-bond acceptors (Lipinski definition) is 5. The molecular formula is C33H37ClN4OS. The van der Waals surface area contributed by atoms with E-state index in [0.717, 1.165) is 50.3 Å². The minimum absolute atomic E-state index is 0.0208. The molecule has 5 nitrogen and oxygen atoms in total. The molecule has 0 bridgehead atoms. The van der Waals surface area contributed by atoms with Crippen LogP contribution < -0.4 is 10.2 Å². The summed E-state index contributed by atoms with van der Waals surface area (Å²) in [7, 11) is 0. The molecule has 40 heavy (non-hydrogen) atoms. The van der Waals surface area contributed by atoms with Crippen molar-refractivity contribution < 1.29 is 4.79 Å². The molecule has 4 aromatic rings. The maximum atomic E-state index is 12.4. The molecule has 208 valence electrons. The number of benzene rings is 3. The van der Waals surface area contributed by atoms with Crippen LogP contribution in [-0.2, 0) is 18.7 Å². The van der Waals surface area contributed by atoms with Crippen LogP contribution in [0, 0.1) is 0 Å². The van der Waals surface area contributed by atoms with Crippen molar-refractivity contribution in [3.05, 3.63) is 118 Å². The molecule has 0 radical (unpaired) electrons. The predicted octanol–water partition coefficient (Wildman–Crippen LogP) is 7.98. The first kappa shape index (κ1) is 29.6. The SMILES string of the molecule is CCCCCCNC(=O)c1ccc(CSc2nc(Cl)cc(N(CCc3ccccc3)Cc3ccccc3)n2)cc1. The summed E-state index contributed by atoms with van der Waals surface area (Å²) in [5, 5.41) is 4.07. The van der Waals surface area contributed by atoms with E-state index in [-0.39, 0.29) is 5.91 Å². The van der Waals surface area contributed by atoms with Gasteiger partial charge >= 0.3 is 0 Å². The molecule has 1 amide bonds. The highest BCUT2D eigenvalue weighted by molar-refractivity contribution is 7.98. The molecule has 0 unspecified atom stereocenters. The van der Waals surface area contributed by atoms with Gasteiger partial charge in [0.2, 0.25) is 0 Å². The Kier molecular flexibility index (Phi) is 11.9. The van der Waals surface area contributed by atoms with Crippen LogP contribution in [0.2, 0.25) is 5.15 Å². The van der Waals surface area contributed by atoms with Gasteiger partial charge in [-0.15, -0.1) is 0 Å². The highest BCUT2D eigenvalue weighted by Gasteiger charge is 2.14. The lowest BCUT2D eigenvalue weighted by Gasteiger charge is -2.24. The Morgan fingerprint density at radius 1 is 0.850 bits per heavy atom. The van der Waals surface area contributed by atoms with Crippen LogP contribution in [0.5, 0.6) is 0 Å². The molecule has 1 N–H and O–H groups in total. The van der Waals surface area contributed by atoms with Crippen molar-refractivity contribution >= 4 is 35.1 Å². The van der Waals surface area contributed by atoms with E-state index < -0.39 is 0 Å². The van der Waals surface area contributed by atoms with Crippen molar-refractivity contribution in [2.24, 2.45) is 0 Å². The zero-order valence-electron chi connectivity index (χ0n) is 23.1. The molecule has 3 aromatic carbocycles. The number of halogens is 1. The second-order valence-corrected chi connectivity index (χ2v) is 11.1. The minimum Gasteiger partial charge on any atom is -0.352 e. The van der Waals surface area contributed by atoms with E-state index in [1.54, 1.807) is 11.8 Å². The van der Waals surface area contributed by atoms with Gasteiger partial charge in [-0.05, 0) is 41.7 Å². The maximum absolute atomic E-state index is 12.4. The minimum atomic E-state index is -0.0208. The van der Waals surface area contributed by atoms with Crippen LogP contribution >= 0.6 is 23.4 Å². The second-order valence-electron chi connectivity index (χ2n) is 9.78. The van der Waals surface area contributed by atoms with Gasteiger partial charge in [-0.1, -0.05) is 122 Å². The number of unbranched alkanes of at least 4 members (excludes halogenated alkanes) is 3. The van der Waals surface area contributed by atoms with Gasteiger partial charge in [-0.3, -0.25) is 4.79 Å². The van der Waals surface area contributed by atoms with Gasteiger partial charge in [0.15, 0.2) is 5.16 Å². The second kappa shape index (κ2) is 16.0. The topological polar surface area (TPSA) is 58.1 Å². The lowest BCUT2D eigenvalue weighted by molar-refractivity contribution is 0.0953. The Morgan fingerprint density at radius 3 is 2.25 bits per heavy atom. The van der Waals surface area contributed by atoms with Gasteiger partial charge in [0.1, 0.15) is 11.0 Å². The smallest absolute Gasteiger partial charge is 0.251 e. The van der Waals surface area contributed by atoms with E-state index in [1.165, 1.54) is 24.0 Å². The van der Waals surface area contributed by atoms with E-state index in [1.807, 2.05) is 42.5 Å². The first-order valence-corrected chi connectivity index (χ1v) is 15.3. The van der Waals surface area contributed by atoms with E-state index in [2.05, 4.69) is 70.7 Å². The molecule has 0 aliphatic rings. The van der Waals surface area contributed by atoms with Crippen LogP contribution in [0.4, 0.5) is 5.82 Å². The van der Waals surface area contributed by atoms with E-state index >= 15 is 0 Å². The molecular weight excluding hydrogens is 536 g/mol. The number of aromatic nitrogens is 2. The van der Waals surface area contributed by atoms with E-state index in [0.29, 0.717) is 21.6 Å². The van der Waals surface area contributed by atoms with Gasteiger partial charge in [-0.2, -0.15) is 0 Å². The van der Waals surface area contributed by atoms with Crippen molar-refractivity contribution in [3.63, 3.8) is 0 Å². The van der Waals surface area contributed by atoms with E-state index in [4.69, 9.17) is 16.6 Å². The molecule has 0 atom stereocenters. The van der Waals surface area contributed by atoms with Crippen LogP contribution in [0.15, 0.2) is 96.2 Å². The van der Waals surface area contributed by atoms with Crippen molar-refractivity contribution in [1.29, 1.82) is 0 Å². The molecule has 7 heteroatoms. The summed E-state index contributed by atoms with van der Waals surface area (Å²) in [6.45, 7) is 4.44. The summed E-state index contributed by atoms with van der Waals surface area (Å²) >= 11 is 8.03. The molecule has 0 fully saturated rings. The number of carbonyl (C=O) groups is 1. The van der Waals surface area contributed by atoms with Gasteiger partial charge in [0.25, 0.3) is 5.91 Å². The molecule has 0 saturated heterocycles. The summed E-state index contributed by atoms with van der Waals surface area (Å²) in [4.78, 5) is 24.1. The molecule has 0 aliphatic heterocycles. The predicted molar refractivity (Wildman–Crippen MR) is 167 cm³/mol. The number of nitrogens with one attached hydrogen (secondary N) is 1. The normalized spacial score (nSPS) is 10.8. The average Bonchev–Trinajstić information content (AvgIpc) is 2.99. The Hall–Kier alpha value is -3.35. The van der Waals surface area contributed by atoms with Crippen LogP contribution in [0.3, 0.4) is 0 Å². The summed E-state index contributed by atoms with van der Waals surface area (Å²) in [5.41, 5.74) is 4.27. The van der Waals surface area contributed by atoms with Gasteiger partial charge in [0.05, 0.1) is 0 Å². The third kappa shape index (κ3) is 9.68. The molecule has 0 saturated carbocycles. The van der Waals surface area contributed by atoms with Crippen LogP contribution in [-0.4, -0.2) is 29.0 Å². The fraction of sp³-hybridized carbons (Fsp3) is 0.303. The maximum Gasteiger partial charge on any atom is 0.251 e. The number of hydrogen-bond donors (Lipinski definition) is 1. The highest BCUT2D eigenvalue weighted by Crippen LogP contribution is 2.26. The number of rotatable bonds is 15. The lowest BCUT2D eigenvalue weighted by atomic mass is 10.1. The fourth-order valence-corrected chi connectivity index (χ4v) is 5.39. The molecule has 0 aliphatic carbocycles. The number of amides is 1. The van der Waals surface area contributed by atoms with Gasteiger partial charge in [-0.25, -0.2) is 9.97 Å². The third-order valence-electron chi connectivity index (χ3n) is 6.61. The first-order chi connectivity index (χ1) is 19.6. The van der Waals surface area contributed by atoms with Gasteiger partial charge in [0, 0.05) is 37.0 Å². The average molecular weight is 573 g/mol. The standard InChI is InChI=1S/C33H37ClN4OS/c1-2-3-4-11-21-35-32(39)29-18-16-28(17-19-29)25-40-33-36-30(34)23-31(37-33)38(24-27-14-9-6-10-15-27)22-20-26-12-7-5-8-13-26/h5-10,12-19,23H,2-4,11,20-22,24-25H2,1H3,(H,35,39). The number of carbonyl (C=O) groups excluding carboxylic acids is 1. The fourth-order valence-electron chi connectivity index (χ4n) is 4.36. The summed E-state index contributed by atoms with van der Waals surface area (Å²) in [5.74, 6) is 1.47. The first-order valence-electron chi connectivity index (χ1n) is 14.0. The quantitative estimate of drug-likeness (QED) is 0.0677. The zero-order chi connectivity index (χ0) is 28.0. The zero-order valence-corrected chi connectivity index (χ0v) is 24.6. The Balaban J connectivity index is 1.39. The Bertz CT molecular complexity index is 1320. The van der Waals surface area contributed by atoms with Crippen molar-refractivity contribution in [2.45, 2.75) is 56.5 Å². The summed E-state index contributed by atoms with van der Waals surface area (Å²) in [6.07, 6.45) is 5.46. The molecule has 1 aromatic heterocycles. The number of anilines is 1. The molecule has 1 heterocycles. The number of thioether (sulfide) groups is 1. The van der Waals surface area contributed by atoms with Crippen molar-refractivity contribution in [1.82, 2.24) is 15.3 Å². The lowest BCUT2D eigenvalue weighted by Crippen LogP contribution is -2.26. The van der Waals surface area contributed by atoms with Gasteiger partial charge < -0.3 is 10.2 Å². The van der Waals surface area contributed by atoms with Crippen molar-refractivity contribution in [3.8, 4) is 0 Å². The third-order valence-corrected chi connectivity index (χ3v) is 7.73. The van der Waals surface area contributed by atoms with E-state index in [9.17, 15) is 4.79 Å².